The lowest BCUT2D eigenvalue weighted by Crippen LogP contribution is -2.20. The molecule has 3 nitrogen and oxygen atoms in total. The molecule has 0 spiro atoms. The van der Waals surface area contributed by atoms with Crippen LogP contribution >= 0.6 is 0 Å². The van der Waals surface area contributed by atoms with Gasteiger partial charge in [-0.3, -0.25) is 4.79 Å². The van der Waals surface area contributed by atoms with Gasteiger partial charge < -0.3 is 10.1 Å². The molecule has 1 amide bonds. The van der Waals surface area contributed by atoms with Crippen LogP contribution in [0.3, 0.4) is 0 Å². The Kier molecular flexibility index (Phi) is 5.69. The van der Waals surface area contributed by atoms with Crippen molar-refractivity contribution in [2.75, 3.05) is 11.9 Å². The maximum absolute atomic E-state index is 12.4. The lowest BCUT2D eigenvalue weighted by molar-refractivity contribution is -0.118. The number of nitrogens with one attached hydrogen (secondary N) is 1. The van der Waals surface area contributed by atoms with Crippen molar-refractivity contribution in [3.05, 3.63) is 83.9 Å². The Morgan fingerprint density at radius 1 is 0.962 bits per heavy atom. The molecule has 0 saturated heterocycles. The quantitative estimate of drug-likeness (QED) is 0.663. The lowest BCUT2D eigenvalue weighted by atomic mass is 10.0. The summed E-state index contributed by atoms with van der Waals surface area (Å²) in [4.78, 5) is 12.4. The van der Waals surface area contributed by atoms with Crippen LogP contribution in [0.25, 0.3) is 11.1 Å². The fraction of sp³-hybridized carbons (Fsp3) is 0.174. The third kappa shape index (κ3) is 4.51. The molecule has 3 heteroatoms. The lowest BCUT2D eigenvalue weighted by Gasteiger charge is -2.12. The Hall–Kier alpha value is -3.07. The first-order valence-electron chi connectivity index (χ1n) is 8.83. The van der Waals surface area contributed by atoms with E-state index in [2.05, 4.69) is 18.3 Å². The molecule has 0 heterocycles. The summed E-state index contributed by atoms with van der Waals surface area (Å²) in [5.74, 6) is 0.557. The summed E-state index contributed by atoms with van der Waals surface area (Å²) in [6.45, 7) is 4.11. The van der Waals surface area contributed by atoms with E-state index in [1.807, 2.05) is 73.7 Å². The Morgan fingerprint density at radius 2 is 1.69 bits per heavy atom. The molecule has 3 rings (SSSR count). The van der Waals surface area contributed by atoms with Crippen molar-refractivity contribution in [2.45, 2.75) is 20.3 Å². The molecule has 132 valence electrons. The Balaban J connectivity index is 1.69. The SMILES string of the molecule is CCc1cc(C)cc(OCC(=O)Nc2ccccc2-c2ccccc2)c1. The molecule has 0 aromatic heterocycles. The first-order chi connectivity index (χ1) is 12.7. The molecule has 0 fully saturated rings. The summed E-state index contributed by atoms with van der Waals surface area (Å²) in [6.07, 6.45) is 0.939. The smallest absolute Gasteiger partial charge is 0.262 e. The summed E-state index contributed by atoms with van der Waals surface area (Å²) < 4.78 is 5.70. The van der Waals surface area contributed by atoms with Gasteiger partial charge in [0.25, 0.3) is 5.91 Å². The van der Waals surface area contributed by atoms with Gasteiger partial charge in [0.15, 0.2) is 6.61 Å². The van der Waals surface area contributed by atoms with Crippen molar-refractivity contribution in [1.29, 1.82) is 0 Å². The number of aryl methyl sites for hydroxylation is 2. The second kappa shape index (κ2) is 8.34. The summed E-state index contributed by atoms with van der Waals surface area (Å²) in [5, 5.41) is 2.96. The van der Waals surface area contributed by atoms with E-state index in [4.69, 9.17) is 4.74 Å². The summed E-state index contributed by atoms with van der Waals surface area (Å²) in [5.41, 5.74) is 5.18. The highest BCUT2D eigenvalue weighted by atomic mass is 16.5. The summed E-state index contributed by atoms with van der Waals surface area (Å²) in [6, 6.07) is 23.9. The van der Waals surface area contributed by atoms with Crippen molar-refractivity contribution in [1.82, 2.24) is 0 Å². The minimum atomic E-state index is -0.173. The van der Waals surface area contributed by atoms with Gasteiger partial charge in [-0.2, -0.15) is 0 Å². The van der Waals surface area contributed by atoms with Crippen molar-refractivity contribution in [3.63, 3.8) is 0 Å². The van der Waals surface area contributed by atoms with E-state index in [1.54, 1.807) is 0 Å². The maximum Gasteiger partial charge on any atom is 0.262 e. The van der Waals surface area contributed by atoms with E-state index in [0.29, 0.717) is 0 Å². The molecule has 0 atom stereocenters. The van der Waals surface area contributed by atoms with Crippen LogP contribution in [0, 0.1) is 6.92 Å². The molecule has 1 N–H and O–H groups in total. The van der Waals surface area contributed by atoms with Gasteiger partial charge in [0, 0.05) is 11.3 Å². The van der Waals surface area contributed by atoms with Gasteiger partial charge in [-0.1, -0.05) is 61.5 Å². The van der Waals surface area contributed by atoms with Crippen molar-refractivity contribution < 1.29 is 9.53 Å². The molecule has 0 aliphatic heterocycles. The second-order valence-electron chi connectivity index (χ2n) is 6.26. The zero-order valence-electron chi connectivity index (χ0n) is 15.2. The first-order valence-corrected chi connectivity index (χ1v) is 8.83. The van der Waals surface area contributed by atoms with Crippen LogP contribution < -0.4 is 10.1 Å². The largest absolute Gasteiger partial charge is 0.484 e. The fourth-order valence-corrected chi connectivity index (χ4v) is 2.91. The maximum atomic E-state index is 12.4. The predicted octanol–water partition coefficient (Wildman–Crippen LogP) is 5.24. The van der Waals surface area contributed by atoms with Crippen LogP contribution in [0.2, 0.25) is 0 Å². The van der Waals surface area contributed by atoms with Crippen LogP contribution in [0.5, 0.6) is 5.75 Å². The highest BCUT2D eigenvalue weighted by Gasteiger charge is 2.09. The number of amides is 1. The van der Waals surface area contributed by atoms with E-state index < -0.39 is 0 Å². The van der Waals surface area contributed by atoms with Crippen LogP contribution in [-0.2, 0) is 11.2 Å². The number of carbonyl (C=O) groups is 1. The standard InChI is InChI=1S/C23H23NO2/c1-3-18-13-17(2)14-20(15-18)26-16-23(25)24-22-12-8-7-11-21(22)19-9-5-4-6-10-19/h4-15H,3,16H2,1-2H3,(H,24,25). The Morgan fingerprint density at radius 3 is 2.46 bits per heavy atom. The molecule has 0 radical (unpaired) electrons. The molecule has 0 unspecified atom stereocenters. The minimum absolute atomic E-state index is 0.0181. The predicted molar refractivity (Wildman–Crippen MR) is 107 cm³/mol. The van der Waals surface area contributed by atoms with Crippen LogP contribution in [0.15, 0.2) is 72.8 Å². The minimum Gasteiger partial charge on any atom is -0.484 e. The third-order valence-electron chi connectivity index (χ3n) is 4.17. The molecule has 0 aliphatic carbocycles. The van der Waals surface area contributed by atoms with Gasteiger partial charge >= 0.3 is 0 Å². The highest BCUT2D eigenvalue weighted by molar-refractivity contribution is 5.96. The fourth-order valence-electron chi connectivity index (χ4n) is 2.91. The zero-order valence-corrected chi connectivity index (χ0v) is 15.2. The van der Waals surface area contributed by atoms with Crippen molar-refractivity contribution in [2.24, 2.45) is 0 Å². The van der Waals surface area contributed by atoms with Gasteiger partial charge in [-0.15, -0.1) is 0 Å². The van der Waals surface area contributed by atoms with E-state index in [0.717, 1.165) is 34.5 Å². The van der Waals surface area contributed by atoms with Gasteiger partial charge in [0.2, 0.25) is 0 Å². The normalized spacial score (nSPS) is 10.4. The average molecular weight is 345 g/mol. The molecule has 26 heavy (non-hydrogen) atoms. The summed E-state index contributed by atoms with van der Waals surface area (Å²) in [7, 11) is 0. The van der Waals surface area contributed by atoms with E-state index in [9.17, 15) is 4.79 Å². The van der Waals surface area contributed by atoms with Crippen molar-refractivity contribution >= 4 is 11.6 Å². The molecule has 3 aromatic rings. The molecule has 0 bridgehead atoms. The molecular weight excluding hydrogens is 322 g/mol. The monoisotopic (exact) mass is 345 g/mol. The first kappa shape index (κ1) is 17.7. The number of benzene rings is 3. The Labute approximate surface area is 154 Å². The number of anilines is 1. The van der Waals surface area contributed by atoms with Crippen LogP contribution in [0.1, 0.15) is 18.1 Å². The number of hydrogen-bond donors (Lipinski definition) is 1. The van der Waals surface area contributed by atoms with Crippen molar-refractivity contribution in [3.8, 4) is 16.9 Å². The van der Waals surface area contributed by atoms with Gasteiger partial charge in [0.1, 0.15) is 5.75 Å². The summed E-state index contributed by atoms with van der Waals surface area (Å²) >= 11 is 0. The number of rotatable bonds is 6. The number of para-hydroxylation sites is 1. The highest BCUT2D eigenvalue weighted by Crippen LogP contribution is 2.27. The number of hydrogen-bond acceptors (Lipinski definition) is 2. The van der Waals surface area contributed by atoms with E-state index >= 15 is 0 Å². The third-order valence-corrected chi connectivity index (χ3v) is 4.17. The topological polar surface area (TPSA) is 38.3 Å². The van der Waals surface area contributed by atoms with Crippen LogP contribution in [0.4, 0.5) is 5.69 Å². The van der Waals surface area contributed by atoms with Gasteiger partial charge in [-0.25, -0.2) is 0 Å². The molecular formula is C23H23NO2. The average Bonchev–Trinajstić information content (AvgIpc) is 2.67. The molecule has 0 aliphatic rings. The molecule has 0 saturated carbocycles. The number of ether oxygens (including phenoxy) is 1. The van der Waals surface area contributed by atoms with E-state index in [1.165, 1.54) is 5.56 Å². The van der Waals surface area contributed by atoms with Crippen LogP contribution in [-0.4, -0.2) is 12.5 Å². The van der Waals surface area contributed by atoms with E-state index in [-0.39, 0.29) is 12.5 Å². The second-order valence-corrected chi connectivity index (χ2v) is 6.26. The number of carbonyl (C=O) groups excluding carboxylic acids is 1. The Bertz CT molecular complexity index is 888. The zero-order chi connectivity index (χ0) is 18.4. The van der Waals surface area contributed by atoms with Gasteiger partial charge in [-0.05, 0) is 48.2 Å². The molecule has 3 aromatic carbocycles. The van der Waals surface area contributed by atoms with Gasteiger partial charge in [0.05, 0.1) is 0 Å².